The average molecular weight is 571 g/mol. The zero-order valence-corrected chi connectivity index (χ0v) is 25.2. The number of piperazine rings is 1. The van der Waals surface area contributed by atoms with Crippen LogP contribution in [0.2, 0.25) is 0 Å². The standard InChI is InChI=1S/C34H46N6O2/c1-2-3-4-5-6-7-8-9-10-11-14-33(41)39-23-21-38(22-24-39)29-17-15-28(16-18-29)31-26-35-32(40-27-36-37-34(31)40)20-19-30-13-12-25-42-30/h12-13,15-18,25-27H,2-11,14,19-24H2,1H3. The summed E-state index contributed by atoms with van der Waals surface area (Å²) < 4.78 is 7.44. The molecule has 8 nitrogen and oxygen atoms in total. The van der Waals surface area contributed by atoms with E-state index in [1.807, 2.05) is 22.7 Å². The van der Waals surface area contributed by atoms with E-state index in [1.165, 1.54) is 63.5 Å². The Morgan fingerprint density at radius 1 is 0.857 bits per heavy atom. The van der Waals surface area contributed by atoms with Crippen molar-refractivity contribution in [2.75, 3.05) is 31.1 Å². The molecule has 1 aliphatic heterocycles. The maximum Gasteiger partial charge on any atom is 0.222 e. The van der Waals surface area contributed by atoms with Crippen LogP contribution in [0.3, 0.4) is 0 Å². The van der Waals surface area contributed by atoms with Crippen molar-refractivity contribution in [2.45, 2.75) is 90.4 Å². The second kappa shape index (κ2) is 15.5. The van der Waals surface area contributed by atoms with Gasteiger partial charge in [0.2, 0.25) is 5.91 Å². The number of rotatable bonds is 16. The van der Waals surface area contributed by atoms with Gasteiger partial charge in [0.1, 0.15) is 17.9 Å². The van der Waals surface area contributed by atoms with Crippen LogP contribution in [-0.2, 0) is 17.6 Å². The Morgan fingerprint density at radius 2 is 1.57 bits per heavy atom. The van der Waals surface area contributed by atoms with Gasteiger partial charge in [-0.2, -0.15) is 0 Å². The van der Waals surface area contributed by atoms with Crippen LogP contribution in [0, 0.1) is 0 Å². The lowest BCUT2D eigenvalue weighted by Gasteiger charge is -2.36. The summed E-state index contributed by atoms with van der Waals surface area (Å²) in [7, 11) is 0. The molecule has 0 atom stereocenters. The highest BCUT2D eigenvalue weighted by Gasteiger charge is 2.21. The molecule has 1 saturated heterocycles. The van der Waals surface area contributed by atoms with Crippen molar-refractivity contribution in [1.29, 1.82) is 0 Å². The molecule has 1 fully saturated rings. The number of benzene rings is 1. The third kappa shape index (κ3) is 7.99. The van der Waals surface area contributed by atoms with Crippen LogP contribution in [-0.4, -0.2) is 56.6 Å². The first-order valence-electron chi connectivity index (χ1n) is 16.1. The minimum atomic E-state index is 0.321. The molecule has 5 rings (SSSR count). The smallest absolute Gasteiger partial charge is 0.222 e. The number of fused-ring (bicyclic) bond motifs is 1. The Balaban J connectivity index is 1.05. The fourth-order valence-corrected chi connectivity index (χ4v) is 5.93. The Morgan fingerprint density at radius 3 is 2.26 bits per heavy atom. The Bertz CT molecular complexity index is 1360. The number of nitrogens with zero attached hydrogens (tertiary/aromatic N) is 6. The van der Waals surface area contributed by atoms with Crippen molar-refractivity contribution in [3.8, 4) is 11.1 Å². The Labute approximate surface area is 250 Å². The van der Waals surface area contributed by atoms with E-state index in [9.17, 15) is 4.79 Å². The molecule has 0 spiro atoms. The van der Waals surface area contributed by atoms with Crippen molar-refractivity contribution < 1.29 is 9.21 Å². The predicted molar refractivity (Wildman–Crippen MR) is 168 cm³/mol. The maximum absolute atomic E-state index is 12.8. The van der Waals surface area contributed by atoms with Gasteiger partial charge in [0.25, 0.3) is 0 Å². The van der Waals surface area contributed by atoms with Crippen LogP contribution < -0.4 is 4.90 Å². The van der Waals surface area contributed by atoms with Gasteiger partial charge < -0.3 is 14.2 Å². The zero-order valence-electron chi connectivity index (χ0n) is 25.2. The number of furan rings is 1. The topological polar surface area (TPSA) is 79.8 Å². The highest BCUT2D eigenvalue weighted by atomic mass is 16.3. The lowest BCUT2D eigenvalue weighted by molar-refractivity contribution is -0.131. The van der Waals surface area contributed by atoms with E-state index in [-0.39, 0.29) is 0 Å². The lowest BCUT2D eigenvalue weighted by atomic mass is 10.1. The predicted octanol–water partition coefficient (Wildman–Crippen LogP) is 7.13. The van der Waals surface area contributed by atoms with E-state index in [2.05, 4.69) is 51.2 Å². The van der Waals surface area contributed by atoms with Crippen LogP contribution in [0.25, 0.3) is 16.8 Å². The summed E-state index contributed by atoms with van der Waals surface area (Å²) in [5.74, 6) is 2.17. The van der Waals surface area contributed by atoms with Gasteiger partial charge in [-0.15, -0.1) is 10.2 Å². The van der Waals surface area contributed by atoms with E-state index in [0.29, 0.717) is 12.3 Å². The Hall–Kier alpha value is -3.68. The molecule has 224 valence electrons. The molecule has 0 bridgehead atoms. The van der Waals surface area contributed by atoms with E-state index in [0.717, 1.165) is 73.8 Å². The fraction of sp³-hybridized carbons (Fsp3) is 0.529. The Kier molecular flexibility index (Phi) is 11.0. The molecular formula is C34H46N6O2. The van der Waals surface area contributed by atoms with E-state index < -0.39 is 0 Å². The van der Waals surface area contributed by atoms with Gasteiger partial charge >= 0.3 is 0 Å². The van der Waals surface area contributed by atoms with Gasteiger partial charge in [0.05, 0.1) is 6.26 Å². The molecule has 1 aliphatic rings. The summed E-state index contributed by atoms with van der Waals surface area (Å²) in [5.41, 5.74) is 4.01. The van der Waals surface area contributed by atoms with Crippen LogP contribution in [0.4, 0.5) is 5.69 Å². The molecule has 1 aromatic carbocycles. The summed E-state index contributed by atoms with van der Waals surface area (Å²) in [6.45, 7) is 5.58. The zero-order chi connectivity index (χ0) is 29.0. The summed E-state index contributed by atoms with van der Waals surface area (Å²) in [6, 6.07) is 12.5. The third-order valence-corrected chi connectivity index (χ3v) is 8.50. The quantitative estimate of drug-likeness (QED) is 0.133. The number of carbonyl (C=O) groups is 1. The molecular weight excluding hydrogens is 524 g/mol. The first kappa shape index (κ1) is 29.8. The normalized spacial score (nSPS) is 13.7. The molecule has 0 aliphatic carbocycles. The summed E-state index contributed by atoms with van der Waals surface area (Å²) in [5, 5.41) is 8.55. The van der Waals surface area contributed by atoms with Gasteiger partial charge in [-0.1, -0.05) is 76.8 Å². The minimum absolute atomic E-state index is 0.321. The number of amides is 1. The maximum atomic E-state index is 12.8. The summed E-state index contributed by atoms with van der Waals surface area (Å²) in [4.78, 5) is 21.9. The van der Waals surface area contributed by atoms with Gasteiger partial charge in [-0.05, 0) is 36.2 Å². The molecule has 0 unspecified atom stereocenters. The van der Waals surface area contributed by atoms with Gasteiger partial charge in [-0.25, -0.2) is 4.98 Å². The minimum Gasteiger partial charge on any atom is -0.469 e. The van der Waals surface area contributed by atoms with E-state index >= 15 is 0 Å². The molecule has 42 heavy (non-hydrogen) atoms. The summed E-state index contributed by atoms with van der Waals surface area (Å²) in [6.07, 6.45) is 20.5. The van der Waals surface area contributed by atoms with Gasteiger partial charge in [0, 0.05) is 62.9 Å². The molecule has 4 aromatic rings. The van der Waals surface area contributed by atoms with Crippen molar-refractivity contribution >= 4 is 17.2 Å². The van der Waals surface area contributed by atoms with Crippen molar-refractivity contribution in [3.05, 3.63) is 66.8 Å². The molecule has 4 heterocycles. The van der Waals surface area contributed by atoms with Crippen LogP contribution in [0.5, 0.6) is 0 Å². The lowest BCUT2D eigenvalue weighted by Crippen LogP contribution is -2.48. The summed E-state index contributed by atoms with van der Waals surface area (Å²) >= 11 is 0. The van der Waals surface area contributed by atoms with Crippen molar-refractivity contribution in [1.82, 2.24) is 24.5 Å². The first-order chi connectivity index (χ1) is 20.7. The molecule has 1 amide bonds. The molecule has 0 saturated carbocycles. The number of anilines is 1. The van der Waals surface area contributed by atoms with Crippen molar-refractivity contribution in [3.63, 3.8) is 0 Å². The van der Waals surface area contributed by atoms with Crippen LogP contribution in [0.1, 0.15) is 89.1 Å². The number of hydrogen-bond donors (Lipinski definition) is 0. The van der Waals surface area contributed by atoms with Crippen LogP contribution in [0.15, 0.2) is 59.6 Å². The SMILES string of the molecule is CCCCCCCCCCCCC(=O)N1CCN(c2ccc(-c3cnc(CCc4ccco4)n4cnnc34)cc2)CC1. The number of hydrogen-bond acceptors (Lipinski definition) is 6. The van der Waals surface area contributed by atoms with Crippen molar-refractivity contribution in [2.24, 2.45) is 0 Å². The van der Waals surface area contributed by atoms with Crippen LogP contribution >= 0.6 is 0 Å². The highest BCUT2D eigenvalue weighted by Crippen LogP contribution is 2.27. The molecule has 8 heteroatoms. The molecule has 0 radical (unpaired) electrons. The largest absolute Gasteiger partial charge is 0.469 e. The fourth-order valence-electron chi connectivity index (χ4n) is 5.93. The number of aryl methyl sites for hydroxylation is 2. The highest BCUT2D eigenvalue weighted by molar-refractivity contribution is 5.78. The first-order valence-corrected chi connectivity index (χ1v) is 16.1. The van der Waals surface area contributed by atoms with E-state index in [1.54, 1.807) is 12.6 Å². The second-order valence-electron chi connectivity index (χ2n) is 11.5. The second-order valence-corrected chi connectivity index (χ2v) is 11.5. The molecule has 0 N–H and O–H groups in total. The number of aromatic nitrogens is 4. The van der Waals surface area contributed by atoms with E-state index in [4.69, 9.17) is 9.40 Å². The average Bonchev–Trinajstić information content (AvgIpc) is 3.74. The third-order valence-electron chi connectivity index (χ3n) is 8.50. The number of carbonyl (C=O) groups excluding carboxylic acids is 1. The molecule has 3 aromatic heterocycles. The van der Waals surface area contributed by atoms with Gasteiger partial charge in [-0.3, -0.25) is 9.20 Å². The number of unbranched alkanes of at least 4 members (excludes halogenated alkanes) is 9. The van der Waals surface area contributed by atoms with Gasteiger partial charge in [0.15, 0.2) is 5.65 Å². The monoisotopic (exact) mass is 570 g/mol.